The van der Waals surface area contributed by atoms with Gasteiger partial charge in [-0.05, 0) is 0 Å². The Morgan fingerprint density at radius 3 is 1.92 bits per heavy atom. The van der Waals surface area contributed by atoms with E-state index in [9.17, 15) is 3.83 Å². The van der Waals surface area contributed by atoms with Crippen LogP contribution in [-0.4, -0.2) is 13.8 Å². The molecule has 1 nitrogen and oxygen atoms in total. The molecular formula is C10H12OSe. The SMILES string of the molecule is Cc1ccc(C)c2c1C[Se](=O)C2. The molecule has 12 heavy (non-hydrogen) atoms. The molecule has 0 unspecified atom stereocenters. The first kappa shape index (κ1) is 8.15. The number of hydrogen-bond donors (Lipinski definition) is 0. The Kier molecular flexibility index (Phi) is 1.90. The summed E-state index contributed by atoms with van der Waals surface area (Å²) in [6.45, 7) is 4.23. The zero-order chi connectivity index (χ0) is 8.72. The number of fused-ring (bicyclic) bond motifs is 1. The molecule has 0 spiro atoms. The standard InChI is InChI=1S/C10H12OSe/c1-7-3-4-8(2)10-6-12(11)5-9(7)10/h3-4H,5-6H2,1-2H3. The topological polar surface area (TPSA) is 17.1 Å². The molecule has 1 aromatic carbocycles. The van der Waals surface area contributed by atoms with Crippen LogP contribution in [0.1, 0.15) is 22.3 Å². The van der Waals surface area contributed by atoms with Crippen LogP contribution in [-0.2, 0) is 14.5 Å². The third-order valence-electron chi connectivity index (χ3n) is 2.51. The van der Waals surface area contributed by atoms with E-state index >= 15 is 0 Å². The molecule has 0 aliphatic carbocycles. The van der Waals surface area contributed by atoms with E-state index in [1.54, 1.807) is 0 Å². The fraction of sp³-hybridized carbons (Fsp3) is 0.400. The van der Waals surface area contributed by atoms with Crippen molar-refractivity contribution < 1.29 is 3.83 Å². The molecule has 2 rings (SSSR count). The first-order valence-corrected chi connectivity index (χ1v) is 7.23. The fourth-order valence-corrected chi connectivity index (χ4v) is 4.95. The number of hydrogen-bond acceptors (Lipinski definition) is 1. The Morgan fingerprint density at radius 2 is 1.50 bits per heavy atom. The van der Waals surface area contributed by atoms with Crippen LogP contribution in [0.15, 0.2) is 12.1 Å². The van der Waals surface area contributed by atoms with Crippen LogP contribution < -0.4 is 0 Å². The van der Waals surface area contributed by atoms with Crippen LogP contribution in [0.25, 0.3) is 0 Å². The molecule has 2 heteroatoms. The molecule has 1 aliphatic heterocycles. The van der Waals surface area contributed by atoms with Gasteiger partial charge in [-0.25, -0.2) is 0 Å². The van der Waals surface area contributed by atoms with Crippen molar-refractivity contribution in [2.75, 3.05) is 0 Å². The predicted molar refractivity (Wildman–Crippen MR) is 49.8 cm³/mol. The zero-order valence-electron chi connectivity index (χ0n) is 7.39. The van der Waals surface area contributed by atoms with Gasteiger partial charge in [0.15, 0.2) is 0 Å². The molecule has 1 aliphatic rings. The van der Waals surface area contributed by atoms with E-state index in [4.69, 9.17) is 0 Å². The van der Waals surface area contributed by atoms with Gasteiger partial charge in [0.25, 0.3) is 0 Å². The Labute approximate surface area is 76.9 Å². The Bertz CT molecular complexity index is 322. The van der Waals surface area contributed by atoms with Gasteiger partial charge in [0.05, 0.1) is 0 Å². The predicted octanol–water partition coefficient (Wildman–Crippen LogP) is 1.90. The van der Waals surface area contributed by atoms with E-state index in [-0.39, 0.29) is 0 Å². The summed E-state index contributed by atoms with van der Waals surface area (Å²) < 4.78 is 11.4. The summed E-state index contributed by atoms with van der Waals surface area (Å²) in [7, 11) is 0. The Balaban J connectivity index is 2.64. The third-order valence-corrected chi connectivity index (χ3v) is 5.07. The van der Waals surface area contributed by atoms with Crippen LogP contribution in [0, 0.1) is 13.8 Å². The van der Waals surface area contributed by atoms with Gasteiger partial charge in [0, 0.05) is 0 Å². The molecule has 1 aromatic rings. The second-order valence-corrected chi connectivity index (χ2v) is 6.44. The maximum absolute atomic E-state index is 11.4. The molecule has 64 valence electrons. The molecule has 0 radical (unpaired) electrons. The van der Waals surface area contributed by atoms with Crippen molar-refractivity contribution in [1.82, 2.24) is 0 Å². The van der Waals surface area contributed by atoms with Crippen molar-refractivity contribution in [3.63, 3.8) is 0 Å². The van der Waals surface area contributed by atoms with Gasteiger partial charge in [0.2, 0.25) is 0 Å². The zero-order valence-corrected chi connectivity index (χ0v) is 9.10. The fourth-order valence-electron chi connectivity index (χ4n) is 1.70. The second-order valence-electron chi connectivity index (χ2n) is 3.38. The quantitative estimate of drug-likeness (QED) is 0.619. The van der Waals surface area contributed by atoms with E-state index in [0.717, 1.165) is 10.6 Å². The van der Waals surface area contributed by atoms with Gasteiger partial charge in [-0.3, -0.25) is 0 Å². The maximum atomic E-state index is 11.4. The second kappa shape index (κ2) is 2.79. The van der Waals surface area contributed by atoms with Crippen molar-refractivity contribution in [1.29, 1.82) is 0 Å². The minimum atomic E-state index is -1.52. The van der Waals surface area contributed by atoms with Crippen molar-refractivity contribution in [3.05, 3.63) is 34.4 Å². The van der Waals surface area contributed by atoms with Gasteiger partial charge in [-0.2, -0.15) is 0 Å². The summed E-state index contributed by atoms with van der Waals surface area (Å²) >= 11 is -1.52. The molecule has 0 amide bonds. The molecule has 0 atom stereocenters. The number of rotatable bonds is 0. The van der Waals surface area contributed by atoms with Crippen molar-refractivity contribution >= 4 is 13.8 Å². The van der Waals surface area contributed by atoms with E-state index in [1.807, 2.05) is 0 Å². The minimum absolute atomic E-state index is 0.864. The molecule has 0 N–H and O–H groups in total. The van der Waals surface area contributed by atoms with Crippen LogP contribution in [0.5, 0.6) is 0 Å². The van der Waals surface area contributed by atoms with E-state index in [2.05, 4.69) is 26.0 Å². The summed E-state index contributed by atoms with van der Waals surface area (Å²) in [6.07, 6.45) is 0. The van der Waals surface area contributed by atoms with Gasteiger partial charge in [0.1, 0.15) is 0 Å². The van der Waals surface area contributed by atoms with Gasteiger partial charge in [-0.1, -0.05) is 0 Å². The van der Waals surface area contributed by atoms with E-state index < -0.39 is 13.8 Å². The molecular weight excluding hydrogens is 215 g/mol. The van der Waals surface area contributed by atoms with Gasteiger partial charge < -0.3 is 0 Å². The molecule has 0 saturated carbocycles. The first-order valence-electron chi connectivity index (χ1n) is 4.11. The van der Waals surface area contributed by atoms with Crippen molar-refractivity contribution in [2.45, 2.75) is 24.5 Å². The van der Waals surface area contributed by atoms with Gasteiger partial charge in [-0.15, -0.1) is 0 Å². The average Bonchev–Trinajstić information content (AvgIpc) is 2.41. The van der Waals surface area contributed by atoms with Crippen LogP contribution in [0.3, 0.4) is 0 Å². The van der Waals surface area contributed by atoms with Crippen LogP contribution in [0.2, 0.25) is 0 Å². The summed E-state index contributed by atoms with van der Waals surface area (Å²) in [5.41, 5.74) is 5.38. The van der Waals surface area contributed by atoms with Crippen LogP contribution in [0.4, 0.5) is 0 Å². The van der Waals surface area contributed by atoms with E-state index in [1.165, 1.54) is 22.3 Å². The summed E-state index contributed by atoms with van der Waals surface area (Å²) in [4.78, 5) is 0. The Hall–Kier alpha value is -0.461. The molecule has 1 heterocycles. The summed E-state index contributed by atoms with van der Waals surface area (Å²) in [5.74, 6) is 0. The van der Waals surface area contributed by atoms with Crippen LogP contribution >= 0.6 is 0 Å². The third kappa shape index (κ3) is 1.16. The van der Waals surface area contributed by atoms with Crippen molar-refractivity contribution in [3.8, 4) is 0 Å². The Morgan fingerprint density at radius 1 is 1.08 bits per heavy atom. The van der Waals surface area contributed by atoms with E-state index in [0.29, 0.717) is 0 Å². The van der Waals surface area contributed by atoms with Gasteiger partial charge >= 0.3 is 76.5 Å². The number of benzene rings is 1. The first-order chi connectivity index (χ1) is 5.68. The number of aryl methyl sites for hydroxylation is 2. The summed E-state index contributed by atoms with van der Waals surface area (Å²) in [6, 6.07) is 4.27. The normalized spacial score (nSPS) is 16.5. The van der Waals surface area contributed by atoms with Crippen molar-refractivity contribution in [2.24, 2.45) is 0 Å². The average molecular weight is 227 g/mol. The summed E-state index contributed by atoms with van der Waals surface area (Å²) in [5, 5.41) is 1.73. The molecule has 0 fully saturated rings. The molecule has 0 bridgehead atoms. The molecule has 0 aromatic heterocycles. The monoisotopic (exact) mass is 228 g/mol. The molecule has 0 saturated heterocycles.